The minimum Gasteiger partial charge on any atom is -0.394 e. The second-order valence-corrected chi connectivity index (χ2v) is 4.34. The maximum absolute atomic E-state index is 11.9. The topological polar surface area (TPSA) is 110 Å². The Kier molecular flexibility index (Phi) is 4.62. The molecule has 2 N–H and O–H groups in total. The van der Waals surface area contributed by atoms with E-state index < -0.39 is 16.9 Å². The Labute approximate surface area is 120 Å². The molecule has 110 valence electrons. The summed E-state index contributed by atoms with van der Waals surface area (Å²) in [7, 11) is 0. The van der Waals surface area contributed by atoms with Crippen LogP contribution >= 0.6 is 0 Å². The van der Waals surface area contributed by atoms with Crippen LogP contribution < -0.4 is 5.32 Å². The van der Waals surface area contributed by atoms with Crippen molar-refractivity contribution in [1.82, 2.24) is 15.1 Å². The summed E-state index contributed by atoms with van der Waals surface area (Å²) < 4.78 is 1.17. The lowest BCUT2D eigenvalue weighted by Crippen LogP contribution is -2.33. The van der Waals surface area contributed by atoms with Gasteiger partial charge in [0.25, 0.3) is 0 Å². The molecule has 0 saturated heterocycles. The summed E-state index contributed by atoms with van der Waals surface area (Å²) in [5, 5.41) is 26.2. The Morgan fingerprint density at radius 2 is 2.10 bits per heavy atom. The summed E-state index contributed by atoms with van der Waals surface area (Å²) in [4.78, 5) is 21.8. The molecule has 1 aromatic carbocycles. The monoisotopic (exact) mass is 290 g/mol. The molecule has 8 heteroatoms. The molecule has 2 rings (SSSR count). The minimum absolute atomic E-state index is 0.156. The fourth-order valence-corrected chi connectivity index (χ4v) is 1.84. The summed E-state index contributed by atoms with van der Waals surface area (Å²) in [5.41, 5.74) is 0.778. The Bertz CT molecular complexity index is 626. The highest BCUT2D eigenvalue weighted by Crippen LogP contribution is 2.11. The third kappa shape index (κ3) is 3.86. The van der Waals surface area contributed by atoms with Gasteiger partial charge in [-0.1, -0.05) is 30.3 Å². The van der Waals surface area contributed by atoms with Gasteiger partial charge in [-0.05, 0) is 10.5 Å². The second kappa shape index (κ2) is 6.62. The van der Waals surface area contributed by atoms with Crippen LogP contribution in [0.1, 0.15) is 11.6 Å². The van der Waals surface area contributed by atoms with Crippen LogP contribution in [0.5, 0.6) is 0 Å². The molecule has 2 aromatic rings. The summed E-state index contributed by atoms with van der Waals surface area (Å²) >= 11 is 0. The van der Waals surface area contributed by atoms with E-state index in [4.69, 9.17) is 0 Å². The normalized spacial score (nSPS) is 11.9. The van der Waals surface area contributed by atoms with Gasteiger partial charge in [-0.3, -0.25) is 4.79 Å². The first-order valence-electron chi connectivity index (χ1n) is 6.23. The summed E-state index contributed by atoms with van der Waals surface area (Å²) in [6, 6.07) is 9.72. The molecule has 0 aliphatic rings. The number of hydrogen-bond donors (Lipinski definition) is 2. The van der Waals surface area contributed by atoms with Gasteiger partial charge in [0, 0.05) is 0 Å². The first-order chi connectivity index (χ1) is 10.1. The molecule has 1 unspecified atom stereocenters. The Hall–Kier alpha value is -2.74. The van der Waals surface area contributed by atoms with Crippen molar-refractivity contribution >= 4 is 11.7 Å². The molecule has 1 amide bonds. The second-order valence-electron chi connectivity index (χ2n) is 4.34. The molecular formula is C13H14N4O4. The van der Waals surface area contributed by atoms with E-state index in [-0.39, 0.29) is 19.0 Å². The maximum atomic E-state index is 11.9. The molecular weight excluding hydrogens is 276 g/mol. The number of aliphatic hydroxyl groups is 1. The number of carbonyl (C=O) groups is 1. The van der Waals surface area contributed by atoms with Crippen LogP contribution in [0.25, 0.3) is 0 Å². The largest absolute Gasteiger partial charge is 0.394 e. The van der Waals surface area contributed by atoms with Gasteiger partial charge in [0.2, 0.25) is 5.91 Å². The summed E-state index contributed by atoms with van der Waals surface area (Å²) in [6.45, 7) is -0.397. The number of aromatic nitrogens is 2. The SMILES string of the molecule is O=C(Cn1ccc([N+](=O)[O-])n1)NC(CO)c1ccccc1. The average molecular weight is 290 g/mol. The average Bonchev–Trinajstić information content (AvgIpc) is 2.94. The van der Waals surface area contributed by atoms with Gasteiger partial charge < -0.3 is 20.5 Å². The van der Waals surface area contributed by atoms with E-state index in [2.05, 4.69) is 10.4 Å². The Morgan fingerprint density at radius 3 is 2.67 bits per heavy atom. The van der Waals surface area contributed by atoms with E-state index in [0.29, 0.717) is 0 Å². The van der Waals surface area contributed by atoms with E-state index in [1.165, 1.54) is 16.9 Å². The Balaban J connectivity index is 1.98. The molecule has 1 atom stereocenters. The molecule has 0 bridgehead atoms. The predicted molar refractivity (Wildman–Crippen MR) is 73.3 cm³/mol. The molecule has 0 saturated carbocycles. The standard InChI is InChI=1S/C13H14N4O4/c18-9-11(10-4-2-1-3-5-10)14-13(19)8-16-7-6-12(15-16)17(20)21/h1-7,11,18H,8-9H2,(H,14,19). The Morgan fingerprint density at radius 1 is 1.38 bits per heavy atom. The van der Waals surface area contributed by atoms with Crippen LogP contribution in [-0.2, 0) is 11.3 Å². The van der Waals surface area contributed by atoms with E-state index >= 15 is 0 Å². The summed E-state index contributed by atoms with van der Waals surface area (Å²) in [5.74, 6) is -0.708. The van der Waals surface area contributed by atoms with Crippen molar-refractivity contribution < 1.29 is 14.8 Å². The van der Waals surface area contributed by atoms with Gasteiger partial charge in [0.05, 0.1) is 30.0 Å². The molecule has 1 heterocycles. The number of aliphatic hydroxyl groups excluding tert-OH is 1. The van der Waals surface area contributed by atoms with Crippen molar-refractivity contribution in [3.05, 3.63) is 58.3 Å². The van der Waals surface area contributed by atoms with Crippen molar-refractivity contribution in [3.8, 4) is 0 Å². The zero-order valence-electron chi connectivity index (χ0n) is 11.0. The lowest BCUT2D eigenvalue weighted by atomic mass is 10.1. The maximum Gasteiger partial charge on any atom is 0.389 e. The highest BCUT2D eigenvalue weighted by atomic mass is 16.6. The summed E-state index contributed by atoms with van der Waals surface area (Å²) in [6.07, 6.45) is 1.36. The van der Waals surface area contributed by atoms with Crippen LogP contribution in [0.15, 0.2) is 42.6 Å². The first kappa shape index (κ1) is 14.7. The molecule has 8 nitrogen and oxygen atoms in total. The van der Waals surface area contributed by atoms with Crippen molar-refractivity contribution in [2.45, 2.75) is 12.6 Å². The van der Waals surface area contributed by atoms with Crippen LogP contribution in [-0.4, -0.2) is 32.3 Å². The number of carbonyl (C=O) groups excluding carboxylic acids is 1. The zero-order valence-corrected chi connectivity index (χ0v) is 11.0. The van der Waals surface area contributed by atoms with Gasteiger partial charge in [0.1, 0.15) is 6.54 Å². The third-order valence-corrected chi connectivity index (χ3v) is 2.84. The predicted octanol–water partition coefficient (Wildman–Crippen LogP) is 0.641. The zero-order chi connectivity index (χ0) is 15.2. The van der Waals surface area contributed by atoms with Crippen molar-refractivity contribution in [2.24, 2.45) is 0 Å². The highest BCUT2D eigenvalue weighted by Gasteiger charge is 2.16. The lowest BCUT2D eigenvalue weighted by Gasteiger charge is -2.16. The third-order valence-electron chi connectivity index (χ3n) is 2.84. The molecule has 0 aliphatic carbocycles. The molecule has 0 fully saturated rings. The van der Waals surface area contributed by atoms with Gasteiger partial charge in [-0.25, -0.2) is 0 Å². The highest BCUT2D eigenvalue weighted by molar-refractivity contribution is 5.76. The van der Waals surface area contributed by atoms with Crippen LogP contribution in [0, 0.1) is 10.1 Å². The van der Waals surface area contributed by atoms with E-state index in [9.17, 15) is 20.0 Å². The number of nitrogens with one attached hydrogen (secondary N) is 1. The minimum atomic E-state index is -0.630. The molecule has 0 aliphatic heterocycles. The molecule has 1 aromatic heterocycles. The van der Waals surface area contributed by atoms with Gasteiger partial charge >= 0.3 is 5.82 Å². The smallest absolute Gasteiger partial charge is 0.389 e. The first-order valence-corrected chi connectivity index (χ1v) is 6.23. The lowest BCUT2D eigenvalue weighted by molar-refractivity contribution is -0.389. The van der Waals surface area contributed by atoms with E-state index in [1.54, 1.807) is 24.3 Å². The van der Waals surface area contributed by atoms with Crippen molar-refractivity contribution in [1.29, 1.82) is 0 Å². The van der Waals surface area contributed by atoms with Gasteiger partial charge in [-0.15, -0.1) is 0 Å². The van der Waals surface area contributed by atoms with E-state index in [1.807, 2.05) is 6.07 Å². The number of amides is 1. The molecule has 0 radical (unpaired) electrons. The number of benzene rings is 1. The van der Waals surface area contributed by atoms with E-state index in [0.717, 1.165) is 5.56 Å². The van der Waals surface area contributed by atoms with Crippen LogP contribution in [0.2, 0.25) is 0 Å². The van der Waals surface area contributed by atoms with Crippen LogP contribution in [0.3, 0.4) is 0 Å². The number of nitro groups is 1. The van der Waals surface area contributed by atoms with Crippen molar-refractivity contribution in [2.75, 3.05) is 6.61 Å². The van der Waals surface area contributed by atoms with Gasteiger partial charge in [0.15, 0.2) is 0 Å². The quantitative estimate of drug-likeness (QED) is 0.599. The fraction of sp³-hybridized carbons (Fsp3) is 0.231. The fourth-order valence-electron chi connectivity index (χ4n) is 1.84. The van der Waals surface area contributed by atoms with Crippen LogP contribution in [0.4, 0.5) is 5.82 Å². The molecule has 21 heavy (non-hydrogen) atoms. The van der Waals surface area contributed by atoms with Crippen molar-refractivity contribution in [3.63, 3.8) is 0 Å². The number of hydrogen-bond acceptors (Lipinski definition) is 5. The number of rotatable bonds is 6. The van der Waals surface area contributed by atoms with Gasteiger partial charge in [-0.2, -0.15) is 4.68 Å². The number of nitrogens with zero attached hydrogens (tertiary/aromatic N) is 3. The molecule has 0 spiro atoms.